The van der Waals surface area contributed by atoms with E-state index in [2.05, 4.69) is 95.7 Å². The molecule has 1 fully saturated rings. The molecule has 1 heterocycles. The van der Waals surface area contributed by atoms with E-state index in [1.54, 1.807) is 0 Å². The third-order valence-electron chi connectivity index (χ3n) is 6.05. The first-order chi connectivity index (χ1) is 15.6. The van der Waals surface area contributed by atoms with Crippen LogP contribution in [-0.2, 0) is 0 Å². The molecule has 1 aliphatic rings. The van der Waals surface area contributed by atoms with Crippen molar-refractivity contribution < 1.29 is 0 Å². The van der Waals surface area contributed by atoms with Crippen molar-refractivity contribution in [1.29, 1.82) is 5.26 Å². The average molecular weight is 425 g/mol. The van der Waals surface area contributed by atoms with Gasteiger partial charge in [0.2, 0.25) is 0 Å². The fourth-order valence-electron chi connectivity index (χ4n) is 4.46. The van der Waals surface area contributed by atoms with E-state index >= 15 is 0 Å². The second-order valence-corrected chi connectivity index (χ2v) is 8.92. The Morgan fingerprint density at radius 2 is 1.44 bits per heavy atom. The standard InChI is InChI=1S/C28H32N4/c1-22(2)21-31-15-17-32(18-16-31)26-14-13-25(20-29)27(19-26)30-28(23-9-5-3-6-10-23)24-11-7-4-8-12-24/h3-14,19,22,28,30H,15-18,21H2,1-2H3. The third kappa shape index (κ3) is 5.30. The quantitative estimate of drug-likeness (QED) is 0.541. The summed E-state index contributed by atoms with van der Waals surface area (Å²) in [6.07, 6.45) is 0. The van der Waals surface area contributed by atoms with Crippen LogP contribution in [0.15, 0.2) is 78.9 Å². The topological polar surface area (TPSA) is 42.3 Å². The van der Waals surface area contributed by atoms with Crippen molar-refractivity contribution in [1.82, 2.24) is 4.90 Å². The molecule has 0 amide bonds. The molecule has 0 aliphatic carbocycles. The highest BCUT2D eigenvalue weighted by atomic mass is 15.3. The van der Waals surface area contributed by atoms with E-state index in [9.17, 15) is 5.26 Å². The van der Waals surface area contributed by atoms with Crippen LogP contribution >= 0.6 is 0 Å². The Labute approximate surface area is 192 Å². The third-order valence-corrected chi connectivity index (χ3v) is 6.05. The Morgan fingerprint density at radius 1 is 0.844 bits per heavy atom. The highest BCUT2D eigenvalue weighted by Gasteiger charge is 2.20. The molecule has 0 saturated carbocycles. The summed E-state index contributed by atoms with van der Waals surface area (Å²) >= 11 is 0. The summed E-state index contributed by atoms with van der Waals surface area (Å²) in [6, 6.07) is 29.4. The molecule has 0 aromatic heterocycles. The van der Waals surface area contributed by atoms with Crippen LogP contribution in [0.25, 0.3) is 0 Å². The van der Waals surface area contributed by atoms with Crippen LogP contribution in [0.1, 0.15) is 36.6 Å². The van der Waals surface area contributed by atoms with Gasteiger partial charge in [0.25, 0.3) is 0 Å². The van der Waals surface area contributed by atoms with Gasteiger partial charge >= 0.3 is 0 Å². The number of nitriles is 1. The van der Waals surface area contributed by atoms with Gasteiger partial charge in [-0.3, -0.25) is 4.90 Å². The number of benzene rings is 3. The SMILES string of the molecule is CC(C)CN1CCN(c2ccc(C#N)c(NC(c3ccccc3)c3ccccc3)c2)CC1. The fourth-order valence-corrected chi connectivity index (χ4v) is 4.46. The van der Waals surface area contributed by atoms with Crippen molar-refractivity contribution >= 4 is 11.4 Å². The molecule has 0 spiro atoms. The van der Waals surface area contributed by atoms with Crippen LogP contribution in [-0.4, -0.2) is 37.6 Å². The minimum Gasteiger partial charge on any atom is -0.373 e. The van der Waals surface area contributed by atoms with Crippen LogP contribution in [0.3, 0.4) is 0 Å². The Hall–Kier alpha value is -3.29. The zero-order valence-electron chi connectivity index (χ0n) is 19.0. The van der Waals surface area contributed by atoms with Gasteiger partial charge < -0.3 is 10.2 Å². The fraction of sp³-hybridized carbons (Fsp3) is 0.321. The predicted octanol–water partition coefficient (Wildman–Crippen LogP) is 5.54. The first-order valence-corrected chi connectivity index (χ1v) is 11.5. The van der Waals surface area contributed by atoms with Crippen molar-refractivity contribution in [2.45, 2.75) is 19.9 Å². The van der Waals surface area contributed by atoms with Gasteiger partial charge in [-0.2, -0.15) is 5.26 Å². The predicted molar refractivity (Wildman–Crippen MR) is 133 cm³/mol. The molecule has 0 unspecified atom stereocenters. The molecule has 1 aliphatic heterocycles. The molecular formula is C28H32N4. The minimum atomic E-state index is -0.0253. The largest absolute Gasteiger partial charge is 0.373 e. The lowest BCUT2D eigenvalue weighted by molar-refractivity contribution is 0.231. The number of hydrogen-bond acceptors (Lipinski definition) is 4. The number of anilines is 2. The Kier molecular flexibility index (Phi) is 7.09. The Morgan fingerprint density at radius 3 is 1.97 bits per heavy atom. The van der Waals surface area contributed by atoms with Crippen molar-refractivity contribution in [2.24, 2.45) is 5.92 Å². The smallest absolute Gasteiger partial charge is 0.101 e. The highest BCUT2D eigenvalue weighted by molar-refractivity contribution is 5.67. The second kappa shape index (κ2) is 10.3. The normalized spacial score (nSPS) is 14.5. The maximum atomic E-state index is 9.78. The van der Waals surface area contributed by atoms with Gasteiger partial charge in [0.1, 0.15) is 6.07 Å². The summed E-state index contributed by atoms with van der Waals surface area (Å²) in [4.78, 5) is 4.98. The van der Waals surface area contributed by atoms with Gasteiger partial charge in [-0.15, -0.1) is 0 Å². The lowest BCUT2D eigenvalue weighted by Crippen LogP contribution is -2.47. The van der Waals surface area contributed by atoms with E-state index in [-0.39, 0.29) is 6.04 Å². The number of piperazine rings is 1. The second-order valence-electron chi connectivity index (χ2n) is 8.92. The van der Waals surface area contributed by atoms with Crippen LogP contribution in [0.5, 0.6) is 0 Å². The molecule has 4 heteroatoms. The van der Waals surface area contributed by atoms with Crippen LogP contribution in [0.4, 0.5) is 11.4 Å². The highest BCUT2D eigenvalue weighted by Crippen LogP contribution is 2.31. The molecule has 0 bridgehead atoms. The molecule has 32 heavy (non-hydrogen) atoms. The number of rotatable bonds is 7. The van der Waals surface area contributed by atoms with Gasteiger partial charge in [0, 0.05) is 38.4 Å². The van der Waals surface area contributed by atoms with E-state index < -0.39 is 0 Å². The number of nitrogens with one attached hydrogen (secondary N) is 1. The van der Waals surface area contributed by atoms with Gasteiger partial charge in [0.05, 0.1) is 17.3 Å². The number of nitrogens with zero attached hydrogens (tertiary/aromatic N) is 3. The van der Waals surface area contributed by atoms with Gasteiger partial charge in [-0.05, 0) is 35.2 Å². The summed E-state index contributed by atoms with van der Waals surface area (Å²) < 4.78 is 0. The summed E-state index contributed by atoms with van der Waals surface area (Å²) in [7, 11) is 0. The van der Waals surface area contributed by atoms with E-state index in [1.807, 2.05) is 18.2 Å². The van der Waals surface area contributed by atoms with Gasteiger partial charge in [-0.1, -0.05) is 74.5 Å². The van der Waals surface area contributed by atoms with Crippen molar-refractivity contribution in [3.63, 3.8) is 0 Å². The van der Waals surface area contributed by atoms with Crippen molar-refractivity contribution in [3.05, 3.63) is 95.6 Å². The van der Waals surface area contributed by atoms with Gasteiger partial charge in [0.15, 0.2) is 0 Å². The lowest BCUT2D eigenvalue weighted by atomic mass is 9.98. The zero-order chi connectivity index (χ0) is 22.3. The minimum absolute atomic E-state index is 0.0253. The van der Waals surface area contributed by atoms with Gasteiger partial charge in [-0.25, -0.2) is 0 Å². The molecule has 0 atom stereocenters. The maximum Gasteiger partial charge on any atom is 0.101 e. The number of hydrogen-bond donors (Lipinski definition) is 1. The van der Waals surface area contributed by atoms with E-state index in [0.717, 1.165) is 38.4 Å². The maximum absolute atomic E-state index is 9.78. The average Bonchev–Trinajstić information content (AvgIpc) is 2.83. The van der Waals surface area contributed by atoms with Crippen molar-refractivity contribution in [3.8, 4) is 6.07 Å². The summed E-state index contributed by atoms with van der Waals surface area (Å²) in [5.74, 6) is 0.695. The van der Waals surface area contributed by atoms with Crippen LogP contribution in [0, 0.1) is 17.2 Å². The summed E-state index contributed by atoms with van der Waals surface area (Å²) in [5, 5.41) is 13.5. The lowest BCUT2D eigenvalue weighted by Gasteiger charge is -2.37. The van der Waals surface area contributed by atoms with Crippen LogP contribution in [0.2, 0.25) is 0 Å². The summed E-state index contributed by atoms with van der Waals surface area (Å²) in [5.41, 5.74) is 5.08. The monoisotopic (exact) mass is 424 g/mol. The Balaban J connectivity index is 1.59. The molecular weight excluding hydrogens is 392 g/mol. The molecule has 4 nitrogen and oxygen atoms in total. The molecule has 3 aromatic rings. The first-order valence-electron chi connectivity index (χ1n) is 11.5. The zero-order valence-corrected chi connectivity index (χ0v) is 19.0. The summed E-state index contributed by atoms with van der Waals surface area (Å²) in [6.45, 7) is 9.90. The Bertz CT molecular complexity index is 993. The molecule has 164 valence electrons. The van der Waals surface area contributed by atoms with E-state index in [0.29, 0.717) is 11.5 Å². The van der Waals surface area contributed by atoms with E-state index in [4.69, 9.17) is 0 Å². The first kappa shape index (κ1) is 21.9. The molecule has 1 N–H and O–H groups in total. The molecule has 1 saturated heterocycles. The molecule has 0 radical (unpaired) electrons. The molecule has 3 aromatic carbocycles. The van der Waals surface area contributed by atoms with Crippen LogP contribution < -0.4 is 10.2 Å². The van der Waals surface area contributed by atoms with E-state index in [1.165, 1.54) is 16.8 Å². The van der Waals surface area contributed by atoms with Crippen molar-refractivity contribution in [2.75, 3.05) is 42.9 Å². The molecule has 4 rings (SSSR count).